The van der Waals surface area contributed by atoms with Gasteiger partial charge in [-0.25, -0.2) is 4.68 Å². The predicted octanol–water partition coefficient (Wildman–Crippen LogP) is 1.29. The van der Waals surface area contributed by atoms with Gasteiger partial charge in [0.2, 0.25) is 11.8 Å². The molecular formula is C20H20F3N7O3. The van der Waals surface area contributed by atoms with Gasteiger partial charge in [0.15, 0.2) is 5.69 Å². The summed E-state index contributed by atoms with van der Waals surface area (Å²) in [6, 6.07) is 9.88. The largest absolute Gasteiger partial charge is 0.408 e. The van der Waals surface area contributed by atoms with Crippen molar-refractivity contribution >= 4 is 23.4 Å². The molecule has 2 heterocycles. The second-order valence-electron chi connectivity index (χ2n) is 7.56. The van der Waals surface area contributed by atoms with Gasteiger partial charge in [0.1, 0.15) is 12.6 Å². The van der Waals surface area contributed by atoms with Gasteiger partial charge in [-0.15, -0.1) is 5.10 Å². The quantitative estimate of drug-likeness (QED) is 0.689. The average molecular weight is 463 g/mol. The SMILES string of the molecule is CN(CC(=O)N1CC(C(=O)Nc2ccccc2)CC1C#N)C(=O)c1cn(CC(F)(F)F)nn1. The third-order valence-corrected chi connectivity index (χ3v) is 5.00. The Morgan fingerprint density at radius 3 is 2.61 bits per heavy atom. The first-order valence-electron chi connectivity index (χ1n) is 9.84. The van der Waals surface area contributed by atoms with E-state index in [0.717, 1.165) is 11.1 Å². The molecule has 33 heavy (non-hydrogen) atoms. The Bertz CT molecular complexity index is 1060. The van der Waals surface area contributed by atoms with Crippen molar-refractivity contribution in [3.63, 3.8) is 0 Å². The molecule has 0 radical (unpaired) electrons. The second kappa shape index (κ2) is 9.68. The summed E-state index contributed by atoms with van der Waals surface area (Å²) in [6.07, 6.45) is -3.54. The van der Waals surface area contributed by atoms with E-state index in [-0.39, 0.29) is 24.6 Å². The summed E-state index contributed by atoms with van der Waals surface area (Å²) in [5, 5.41) is 18.9. The van der Waals surface area contributed by atoms with Crippen LogP contribution in [0.5, 0.6) is 0 Å². The zero-order chi connectivity index (χ0) is 24.2. The van der Waals surface area contributed by atoms with Crippen LogP contribution in [0.1, 0.15) is 16.9 Å². The van der Waals surface area contributed by atoms with Crippen molar-refractivity contribution in [1.82, 2.24) is 24.8 Å². The van der Waals surface area contributed by atoms with Crippen LogP contribution < -0.4 is 5.32 Å². The second-order valence-corrected chi connectivity index (χ2v) is 7.56. The highest BCUT2D eigenvalue weighted by Crippen LogP contribution is 2.25. The number of hydrogen-bond acceptors (Lipinski definition) is 6. The van der Waals surface area contributed by atoms with Gasteiger partial charge in [0.25, 0.3) is 5.91 Å². The fraction of sp³-hybridized carbons (Fsp3) is 0.400. The minimum Gasteiger partial charge on any atom is -0.331 e. The highest BCUT2D eigenvalue weighted by molar-refractivity contribution is 5.96. The van der Waals surface area contributed by atoms with Crippen LogP contribution in [-0.4, -0.2) is 74.9 Å². The summed E-state index contributed by atoms with van der Waals surface area (Å²) < 4.78 is 37.8. The molecule has 174 valence electrons. The van der Waals surface area contributed by atoms with E-state index in [1.54, 1.807) is 30.3 Å². The fourth-order valence-electron chi connectivity index (χ4n) is 3.41. The van der Waals surface area contributed by atoms with Gasteiger partial charge < -0.3 is 15.1 Å². The molecule has 1 aliphatic heterocycles. The Kier molecular flexibility index (Phi) is 6.95. The molecule has 3 rings (SSSR count). The monoisotopic (exact) mass is 463 g/mol. The zero-order valence-electron chi connectivity index (χ0n) is 17.5. The molecule has 1 saturated heterocycles. The van der Waals surface area contributed by atoms with Crippen LogP contribution in [0.2, 0.25) is 0 Å². The highest BCUT2D eigenvalue weighted by Gasteiger charge is 2.39. The lowest BCUT2D eigenvalue weighted by atomic mass is 10.1. The smallest absolute Gasteiger partial charge is 0.331 e. The molecule has 2 atom stereocenters. The minimum atomic E-state index is -4.53. The maximum Gasteiger partial charge on any atom is 0.408 e. The molecule has 1 fully saturated rings. The molecular weight excluding hydrogens is 443 g/mol. The Balaban J connectivity index is 1.60. The van der Waals surface area contributed by atoms with E-state index in [0.29, 0.717) is 10.4 Å². The molecule has 0 aliphatic carbocycles. The van der Waals surface area contributed by atoms with Crippen molar-refractivity contribution in [2.75, 3.05) is 25.5 Å². The van der Waals surface area contributed by atoms with Gasteiger partial charge >= 0.3 is 6.18 Å². The van der Waals surface area contributed by atoms with Gasteiger partial charge in [-0.1, -0.05) is 23.4 Å². The molecule has 1 N–H and O–H groups in total. The summed E-state index contributed by atoms with van der Waals surface area (Å²) >= 11 is 0. The van der Waals surface area contributed by atoms with Gasteiger partial charge in [0.05, 0.1) is 24.7 Å². The summed E-state index contributed by atoms with van der Waals surface area (Å²) in [4.78, 5) is 39.9. The molecule has 1 aromatic carbocycles. The van der Waals surface area contributed by atoms with E-state index in [4.69, 9.17) is 0 Å². The number of nitrogens with zero attached hydrogens (tertiary/aromatic N) is 6. The van der Waals surface area contributed by atoms with E-state index in [1.807, 2.05) is 6.07 Å². The van der Waals surface area contributed by atoms with Crippen LogP contribution in [0.15, 0.2) is 36.5 Å². The number of nitriles is 1. The van der Waals surface area contributed by atoms with Gasteiger partial charge in [0, 0.05) is 19.3 Å². The van der Waals surface area contributed by atoms with Crippen LogP contribution in [0.3, 0.4) is 0 Å². The highest BCUT2D eigenvalue weighted by atomic mass is 19.4. The third kappa shape index (κ3) is 6.06. The number of benzene rings is 1. The van der Waals surface area contributed by atoms with Crippen molar-refractivity contribution < 1.29 is 27.6 Å². The number of para-hydroxylation sites is 1. The number of carbonyl (C=O) groups is 3. The lowest BCUT2D eigenvalue weighted by molar-refractivity contribution is -0.142. The Labute approximate surface area is 186 Å². The summed E-state index contributed by atoms with van der Waals surface area (Å²) in [6.45, 7) is -1.85. The minimum absolute atomic E-state index is 0.000474. The number of rotatable bonds is 6. The molecule has 2 aromatic rings. The molecule has 0 bridgehead atoms. The maximum absolute atomic E-state index is 12.7. The number of carbonyl (C=O) groups excluding carboxylic acids is 3. The Morgan fingerprint density at radius 2 is 1.97 bits per heavy atom. The van der Waals surface area contributed by atoms with Crippen molar-refractivity contribution in [3.05, 3.63) is 42.2 Å². The number of halogens is 3. The maximum atomic E-state index is 12.7. The van der Waals surface area contributed by atoms with Crippen LogP contribution in [0, 0.1) is 17.2 Å². The summed E-state index contributed by atoms with van der Waals surface area (Å²) in [5.74, 6) is -2.32. The first-order chi connectivity index (χ1) is 15.6. The van der Waals surface area contributed by atoms with Crippen LogP contribution in [0.4, 0.5) is 18.9 Å². The Hall–Kier alpha value is -3.95. The molecule has 3 amide bonds. The molecule has 1 aliphatic rings. The number of likely N-dealkylation sites (tertiary alicyclic amines) is 1. The zero-order valence-corrected chi connectivity index (χ0v) is 17.5. The van der Waals surface area contributed by atoms with Crippen LogP contribution in [0.25, 0.3) is 0 Å². The molecule has 13 heteroatoms. The number of alkyl halides is 3. The number of hydrogen-bond donors (Lipinski definition) is 1. The normalized spacial score (nSPS) is 18.0. The third-order valence-electron chi connectivity index (χ3n) is 5.00. The van der Waals surface area contributed by atoms with Gasteiger partial charge in [-0.3, -0.25) is 14.4 Å². The standard InChI is InChI=1S/C20H20F3N7O3/c1-28(19(33)16-10-29(27-26-16)12-20(21,22)23)11-17(31)30-9-13(7-15(30)8-24)18(32)25-14-5-3-2-4-6-14/h2-6,10,13,15H,7,9,11-12H2,1H3,(H,25,32). The molecule has 0 spiro atoms. The number of aromatic nitrogens is 3. The van der Waals surface area contributed by atoms with Crippen molar-refractivity contribution in [2.45, 2.75) is 25.2 Å². The lowest BCUT2D eigenvalue weighted by Crippen LogP contribution is -2.43. The molecule has 0 saturated carbocycles. The summed E-state index contributed by atoms with van der Waals surface area (Å²) in [7, 11) is 1.28. The van der Waals surface area contributed by atoms with Crippen molar-refractivity contribution in [3.8, 4) is 6.07 Å². The predicted molar refractivity (Wildman–Crippen MR) is 107 cm³/mol. The number of amides is 3. The lowest BCUT2D eigenvalue weighted by Gasteiger charge is -2.23. The topological polar surface area (TPSA) is 124 Å². The fourth-order valence-corrected chi connectivity index (χ4v) is 3.41. The van der Waals surface area contributed by atoms with E-state index in [9.17, 15) is 32.8 Å². The van der Waals surface area contributed by atoms with E-state index in [1.165, 1.54) is 11.9 Å². The van der Waals surface area contributed by atoms with Gasteiger partial charge in [-0.05, 0) is 18.6 Å². The number of likely N-dealkylation sites (N-methyl/N-ethyl adjacent to an activating group) is 1. The van der Waals surface area contributed by atoms with Crippen molar-refractivity contribution in [2.24, 2.45) is 5.92 Å². The van der Waals surface area contributed by atoms with Crippen LogP contribution >= 0.6 is 0 Å². The first-order valence-corrected chi connectivity index (χ1v) is 9.84. The van der Waals surface area contributed by atoms with E-state index >= 15 is 0 Å². The van der Waals surface area contributed by atoms with E-state index in [2.05, 4.69) is 15.6 Å². The summed E-state index contributed by atoms with van der Waals surface area (Å²) in [5.41, 5.74) is 0.234. The molecule has 10 nitrogen and oxygen atoms in total. The number of nitrogens with one attached hydrogen (secondary N) is 1. The average Bonchev–Trinajstić information content (AvgIpc) is 3.39. The molecule has 1 aromatic heterocycles. The van der Waals surface area contributed by atoms with Crippen molar-refractivity contribution in [1.29, 1.82) is 5.26 Å². The van der Waals surface area contributed by atoms with E-state index < -0.39 is 43.0 Å². The van der Waals surface area contributed by atoms with Gasteiger partial charge in [-0.2, -0.15) is 18.4 Å². The molecule has 2 unspecified atom stereocenters. The Morgan fingerprint density at radius 1 is 1.27 bits per heavy atom. The first kappa shape index (κ1) is 23.7. The van der Waals surface area contributed by atoms with Crippen LogP contribution in [-0.2, 0) is 16.1 Å². The number of anilines is 1.